The van der Waals surface area contributed by atoms with Gasteiger partial charge in [0, 0.05) is 56.6 Å². The van der Waals surface area contributed by atoms with Crippen molar-refractivity contribution in [3.8, 4) is 5.75 Å². The third-order valence-corrected chi connectivity index (χ3v) is 5.52. The van der Waals surface area contributed by atoms with Crippen molar-refractivity contribution in [1.82, 2.24) is 24.5 Å². The molecule has 1 saturated heterocycles. The molecule has 0 saturated carbocycles. The molecule has 4 rings (SSSR count). The van der Waals surface area contributed by atoms with Crippen LogP contribution in [0, 0.1) is 0 Å². The maximum absolute atomic E-state index is 12.4. The van der Waals surface area contributed by atoms with Gasteiger partial charge >= 0.3 is 0 Å². The van der Waals surface area contributed by atoms with Gasteiger partial charge in [-0.2, -0.15) is 10.2 Å². The number of anilines is 1. The average Bonchev–Trinajstić information content (AvgIpc) is 3.34. The number of carbonyl (C=O) groups excluding carboxylic acids is 1. The molecule has 9 nitrogen and oxygen atoms in total. The zero-order valence-electron chi connectivity index (χ0n) is 18.2. The Morgan fingerprint density at radius 3 is 2.81 bits per heavy atom. The summed E-state index contributed by atoms with van der Waals surface area (Å²) >= 11 is 5.91. The molecule has 0 radical (unpaired) electrons. The van der Waals surface area contributed by atoms with Crippen molar-refractivity contribution in [3.63, 3.8) is 0 Å². The van der Waals surface area contributed by atoms with Crippen molar-refractivity contribution >= 4 is 23.3 Å². The van der Waals surface area contributed by atoms with E-state index >= 15 is 0 Å². The first-order valence-electron chi connectivity index (χ1n) is 10.5. The average molecular weight is 459 g/mol. The van der Waals surface area contributed by atoms with Gasteiger partial charge in [0.25, 0.3) is 0 Å². The number of aromatic nitrogens is 4. The van der Waals surface area contributed by atoms with Crippen LogP contribution in [-0.2, 0) is 30.0 Å². The van der Waals surface area contributed by atoms with Crippen LogP contribution in [0.5, 0.6) is 5.75 Å². The molecule has 1 N–H and O–H groups in total. The van der Waals surface area contributed by atoms with Crippen LogP contribution in [0.25, 0.3) is 0 Å². The summed E-state index contributed by atoms with van der Waals surface area (Å²) in [6, 6.07) is 11.1. The number of carbonyl (C=O) groups is 1. The van der Waals surface area contributed by atoms with Gasteiger partial charge in [0.05, 0.1) is 25.5 Å². The Kier molecular flexibility index (Phi) is 7.09. The van der Waals surface area contributed by atoms with E-state index in [1.165, 1.54) is 0 Å². The molecule has 1 fully saturated rings. The van der Waals surface area contributed by atoms with Gasteiger partial charge in [0.2, 0.25) is 5.91 Å². The lowest BCUT2D eigenvalue weighted by molar-refractivity contribution is -0.119. The lowest BCUT2D eigenvalue weighted by Crippen LogP contribution is -2.42. The summed E-state index contributed by atoms with van der Waals surface area (Å²) in [5.41, 5.74) is 1.92. The molecule has 1 aromatic carbocycles. The van der Waals surface area contributed by atoms with Gasteiger partial charge in [-0.05, 0) is 30.3 Å². The largest absolute Gasteiger partial charge is 0.493 e. The van der Waals surface area contributed by atoms with Gasteiger partial charge in [-0.1, -0.05) is 11.6 Å². The lowest BCUT2D eigenvalue weighted by atomic mass is 10.2. The maximum Gasteiger partial charge on any atom is 0.239 e. The van der Waals surface area contributed by atoms with Crippen molar-refractivity contribution in [1.29, 1.82) is 0 Å². The number of morpholine rings is 1. The van der Waals surface area contributed by atoms with E-state index < -0.39 is 0 Å². The zero-order valence-corrected chi connectivity index (χ0v) is 19.0. The molecule has 32 heavy (non-hydrogen) atoms. The van der Waals surface area contributed by atoms with Gasteiger partial charge in [-0.3, -0.25) is 19.1 Å². The summed E-state index contributed by atoms with van der Waals surface area (Å²) in [5, 5.41) is 12.3. The Morgan fingerprint density at radius 1 is 1.25 bits per heavy atom. The SMILES string of the molecule is Cn1ccc(NC(=O)CN2CCO[C@H](c3cc(CCOc4ccc(Cl)cc4)n(C)n3)C2)n1. The summed E-state index contributed by atoms with van der Waals surface area (Å²) in [7, 11) is 3.73. The van der Waals surface area contributed by atoms with Crippen LogP contribution in [0.4, 0.5) is 5.82 Å². The fraction of sp³-hybridized carbons (Fsp3) is 0.409. The number of hydrogen-bond acceptors (Lipinski definition) is 6. The number of rotatable bonds is 8. The topological polar surface area (TPSA) is 86.4 Å². The number of amides is 1. The second-order valence-electron chi connectivity index (χ2n) is 7.75. The smallest absolute Gasteiger partial charge is 0.239 e. The van der Waals surface area contributed by atoms with E-state index in [1.54, 1.807) is 16.9 Å². The standard InChI is InChI=1S/C22H27ClN6O3/c1-27-9-7-21(26-27)24-22(30)15-29-10-12-32-20(14-29)19-13-17(28(2)25-19)8-11-31-18-5-3-16(23)4-6-18/h3-7,9,13,20H,8,10-12,14-15H2,1-2H3,(H,24,26,30)/t20-/m0/s1. The fourth-order valence-electron chi connectivity index (χ4n) is 3.62. The lowest BCUT2D eigenvalue weighted by Gasteiger charge is -2.31. The van der Waals surface area contributed by atoms with Crippen LogP contribution in [-0.4, -0.2) is 63.2 Å². The molecule has 1 aliphatic heterocycles. The van der Waals surface area contributed by atoms with Crippen molar-refractivity contribution in [2.45, 2.75) is 12.5 Å². The monoisotopic (exact) mass is 458 g/mol. The first-order chi connectivity index (χ1) is 15.5. The van der Waals surface area contributed by atoms with E-state index in [2.05, 4.69) is 20.4 Å². The zero-order chi connectivity index (χ0) is 22.5. The summed E-state index contributed by atoms with van der Waals surface area (Å²) in [5.74, 6) is 1.25. The fourth-order valence-corrected chi connectivity index (χ4v) is 3.74. The molecule has 0 aliphatic carbocycles. The van der Waals surface area contributed by atoms with E-state index in [0.717, 1.165) is 23.6 Å². The molecule has 10 heteroatoms. The predicted octanol–water partition coefficient (Wildman–Crippen LogP) is 2.44. The second-order valence-corrected chi connectivity index (χ2v) is 8.19. The Hall–Kier alpha value is -2.88. The molecule has 1 amide bonds. The van der Waals surface area contributed by atoms with Crippen molar-refractivity contribution in [2.24, 2.45) is 14.1 Å². The van der Waals surface area contributed by atoms with E-state index in [1.807, 2.05) is 49.1 Å². The molecular formula is C22H27ClN6O3. The predicted molar refractivity (Wildman–Crippen MR) is 121 cm³/mol. The van der Waals surface area contributed by atoms with Crippen LogP contribution in [0.3, 0.4) is 0 Å². The molecule has 170 valence electrons. The van der Waals surface area contributed by atoms with E-state index in [0.29, 0.717) is 37.1 Å². The molecular weight excluding hydrogens is 432 g/mol. The minimum Gasteiger partial charge on any atom is -0.493 e. The maximum atomic E-state index is 12.4. The normalized spacial score (nSPS) is 16.8. The molecule has 3 heterocycles. The summed E-state index contributed by atoms with van der Waals surface area (Å²) in [6.45, 7) is 2.66. The van der Waals surface area contributed by atoms with Crippen LogP contribution >= 0.6 is 11.6 Å². The number of ether oxygens (including phenoxy) is 2. The van der Waals surface area contributed by atoms with Gasteiger partial charge in [-0.25, -0.2) is 0 Å². The minimum atomic E-state index is -0.177. The highest BCUT2D eigenvalue weighted by atomic mass is 35.5. The highest BCUT2D eigenvalue weighted by Gasteiger charge is 2.26. The number of nitrogens with one attached hydrogen (secondary N) is 1. The molecule has 0 bridgehead atoms. The first kappa shape index (κ1) is 22.3. The van der Waals surface area contributed by atoms with Crippen molar-refractivity contribution in [3.05, 3.63) is 59.0 Å². The van der Waals surface area contributed by atoms with E-state index in [9.17, 15) is 4.79 Å². The second kappa shape index (κ2) is 10.2. The number of benzene rings is 1. The Morgan fingerprint density at radius 2 is 2.06 bits per heavy atom. The number of nitrogens with zero attached hydrogens (tertiary/aromatic N) is 5. The minimum absolute atomic E-state index is 0.0922. The number of hydrogen-bond donors (Lipinski definition) is 1. The van der Waals surface area contributed by atoms with E-state index in [-0.39, 0.29) is 18.6 Å². The Balaban J connectivity index is 1.29. The van der Waals surface area contributed by atoms with Crippen LogP contribution in [0.15, 0.2) is 42.6 Å². The molecule has 0 spiro atoms. The Bertz CT molecular complexity index is 1050. The molecule has 3 aromatic rings. The van der Waals surface area contributed by atoms with Crippen molar-refractivity contribution < 1.29 is 14.3 Å². The molecule has 1 aliphatic rings. The van der Waals surface area contributed by atoms with Gasteiger partial charge in [-0.15, -0.1) is 0 Å². The van der Waals surface area contributed by atoms with Crippen LogP contribution in [0.2, 0.25) is 5.02 Å². The van der Waals surface area contributed by atoms with Gasteiger partial charge in [0.1, 0.15) is 11.9 Å². The summed E-state index contributed by atoms with van der Waals surface area (Å²) in [4.78, 5) is 14.4. The van der Waals surface area contributed by atoms with Crippen molar-refractivity contribution in [2.75, 3.05) is 38.2 Å². The van der Waals surface area contributed by atoms with Gasteiger partial charge < -0.3 is 14.8 Å². The third-order valence-electron chi connectivity index (χ3n) is 5.26. The highest BCUT2D eigenvalue weighted by molar-refractivity contribution is 6.30. The Labute approximate surface area is 191 Å². The molecule has 1 atom stereocenters. The first-order valence-corrected chi connectivity index (χ1v) is 10.9. The third kappa shape index (κ3) is 5.87. The number of aryl methyl sites for hydroxylation is 2. The van der Waals surface area contributed by atoms with Crippen LogP contribution in [0.1, 0.15) is 17.5 Å². The highest BCUT2D eigenvalue weighted by Crippen LogP contribution is 2.22. The number of halogens is 1. The van der Waals surface area contributed by atoms with Gasteiger partial charge in [0.15, 0.2) is 5.82 Å². The summed E-state index contributed by atoms with van der Waals surface area (Å²) < 4.78 is 15.2. The quantitative estimate of drug-likeness (QED) is 0.558. The molecule has 0 unspecified atom stereocenters. The molecule has 2 aromatic heterocycles. The van der Waals surface area contributed by atoms with Crippen LogP contribution < -0.4 is 10.1 Å². The van der Waals surface area contributed by atoms with E-state index in [4.69, 9.17) is 21.1 Å². The summed E-state index contributed by atoms with van der Waals surface area (Å²) in [6.07, 6.45) is 2.33.